The number of imidazole rings is 1. The van der Waals surface area contributed by atoms with E-state index in [1.807, 2.05) is 37.7 Å². The fourth-order valence-corrected chi connectivity index (χ4v) is 3.91. The van der Waals surface area contributed by atoms with E-state index in [1.165, 1.54) is 5.56 Å². The van der Waals surface area contributed by atoms with Gasteiger partial charge in [0.2, 0.25) is 0 Å². The molecule has 27 heavy (non-hydrogen) atoms. The summed E-state index contributed by atoms with van der Waals surface area (Å²) in [7, 11) is 2.04. The molecule has 1 aromatic carbocycles. The van der Waals surface area contributed by atoms with Crippen molar-refractivity contribution in [1.82, 2.24) is 14.5 Å². The molecule has 1 aromatic heterocycles. The van der Waals surface area contributed by atoms with Gasteiger partial charge in [-0.2, -0.15) is 0 Å². The molecule has 2 aromatic rings. The van der Waals surface area contributed by atoms with Gasteiger partial charge in [0.1, 0.15) is 5.69 Å². The predicted octanol–water partition coefficient (Wildman–Crippen LogP) is 5.24. The zero-order valence-corrected chi connectivity index (χ0v) is 19.0. The van der Waals surface area contributed by atoms with E-state index in [-0.39, 0.29) is 11.1 Å². The van der Waals surface area contributed by atoms with Gasteiger partial charge in [-0.15, -0.1) is 0 Å². The fourth-order valence-electron chi connectivity index (χ4n) is 2.56. The highest BCUT2D eigenvalue weighted by Crippen LogP contribution is 2.40. The standard InChI is InChI=1S/C21H34N4OSi/c1-17(26-27(7,8)21(2,3)4)19-20(23-15-24(5)6)25(16-22-19)14-18-12-10-9-11-13-18/h9-13,15-17H,14H2,1-8H3/b23-15+. The number of hydrogen-bond donors (Lipinski definition) is 0. The monoisotopic (exact) mass is 386 g/mol. The van der Waals surface area contributed by atoms with Gasteiger partial charge >= 0.3 is 0 Å². The highest BCUT2D eigenvalue weighted by atomic mass is 28.4. The molecule has 1 atom stereocenters. The molecule has 148 valence electrons. The Bertz CT molecular complexity index is 760. The van der Waals surface area contributed by atoms with Gasteiger partial charge in [0, 0.05) is 14.1 Å². The summed E-state index contributed by atoms with van der Waals surface area (Å²) in [4.78, 5) is 11.3. The van der Waals surface area contributed by atoms with Gasteiger partial charge in [-0.05, 0) is 30.6 Å². The normalized spacial score (nSPS) is 13.9. The first-order valence-electron chi connectivity index (χ1n) is 9.48. The fraction of sp³-hybridized carbons (Fsp3) is 0.524. The molecule has 0 saturated heterocycles. The van der Waals surface area contributed by atoms with Crippen molar-refractivity contribution in [2.45, 2.75) is 58.5 Å². The van der Waals surface area contributed by atoms with E-state index in [0.717, 1.165) is 18.1 Å². The topological polar surface area (TPSA) is 42.6 Å². The van der Waals surface area contributed by atoms with Crippen LogP contribution in [0.15, 0.2) is 41.7 Å². The van der Waals surface area contributed by atoms with Crippen LogP contribution in [0.25, 0.3) is 0 Å². The molecule has 1 heterocycles. The first kappa shape index (κ1) is 21.4. The van der Waals surface area contributed by atoms with Gasteiger partial charge in [0.05, 0.1) is 25.3 Å². The average molecular weight is 387 g/mol. The Balaban J connectivity index is 2.35. The molecular weight excluding hydrogens is 352 g/mol. The molecule has 0 fully saturated rings. The predicted molar refractivity (Wildman–Crippen MR) is 116 cm³/mol. The summed E-state index contributed by atoms with van der Waals surface area (Å²) in [5, 5.41) is 0.154. The van der Waals surface area contributed by atoms with Gasteiger partial charge in [-0.1, -0.05) is 51.1 Å². The van der Waals surface area contributed by atoms with Crippen LogP contribution in [0.1, 0.15) is 45.1 Å². The summed E-state index contributed by atoms with van der Waals surface area (Å²) in [6, 6.07) is 10.4. The summed E-state index contributed by atoms with van der Waals surface area (Å²) in [6.07, 6.45) is 3.59. The number of aliphatic imine (C=N–C) groups is 1. The number of hydrogen-bond acceptors (Lipinski definition) is 3. The van der Waals surface area contributed by atoms with Crippen LogP contribution in [-0.2, 0) is 11.0 Å². The van der Waals surface area contributed by atoms with E-state index < -0.39 is 8.32 Å². The van der Waals surface area contributed by atoms with Gasteiger partial charge in [0.25, 0.3) is 0 Å². The van der Waals surface area contributed by atoms with Crippen molar-refractivity contribution in [2.75, 3.05) is 14.1 Å². The number of nitrogens with zero attached hydrogens (tertiary/aromatic N) is 4. The molecular formula is C21H34N4OSi. The molecule has 0 radical (unpaired) electrons. The van der Waals surface area contributed by atoms with Crippen LogP contribution >= 0.6 is 0 Å². The molecule has 0 bridgehead atoms. The Morgan fingerprint density at radius 3 is 2.41 bits per heavy atom. The molecule has 2 rings (SSSR count). The minimum atomic E-state index is -1.89. The summed E-state index contributed by atoms with van der Waals surface area (Å²) in [5.74, 6) is 0.860. The first-order valence-corrected chi connectivity index (χ1v) is 12.4. The van der Waals surface area contributed by atoms with E-state index in [9.17, 15) is 0 Å². The van der Waals surface area contributed by atoms with E-state index in [4.69, 9.17) is 9.42 Å². The molecule has 0 amide bonds. The summed E-state index contributed by atoms with van der Waals surface area (Å²) in [6.45, 7) is 14.1. The van der Waals surface area contributed by atoms with Crippen molar-refractivity contribution in [3.63, 3.8) is 0 Å². The van der Waals surface area contributed by atoms with Crippen LogP contribution in [0.4, 0.5) is 5.82 Å². The van der Waals surface area contributed by atoms with Crippen LogP contribution in [0.2, 0.25) is 18.1 Å². The zero-order chi connectivity index (χ0) is 20.2. The molecule has 1 unspecified atom stereocenters. The van der Waals surface area contributed by atoms with Gasteiger partial charge in [-0.3, -0.25) is 0 Å². The highest BCUT2D eigenvalue weighted by Gasteiger charge is 2.39. The smallest absolute Gasteiger partial charge is 0.192 e. The highest BCUT2D eigenvalue weighted by molar-refractivity contribution is 6.74. The Labute approximate surface area is 165 Å². The SMILES string of the molecule is CC(O[Si](C)(C)C(C)(C)C)c1ncn(Cc2ccccc2)c1/N=C/N(C)C. The Morgan fingerprint density at radius 1 is 1.22 bits per heavy atom. The zero-order valence-electron chi connectivity index (χ0n) is 18.0. The van der Waals surface area contributed by atoms with Crippen LogP contribution in [0.3, 0.4) is 0 Å². The summed E-state index contributed by atoms with van der Waals surface area (Å²) >= 11 is 0. The van der Waals surface area contributed by atoms with Crippen LogP contribution in [0.5, 0.6) is 0 Å². The molecule has 0 spiro atoms. The quantitative estimate of drug-likeness (QED) is 0.371. The molecule has 0 N–H and O–H groups in total. The first-order chi connectivity index (χ1) is 12.5. The van der Waals surface area contributed by atoms with Crippen molar-refractivity contribution >= 4 is 20.5 Å². The average Bonchev–Trinajstić information content (AvgIpc) is 2.95. The largest absolute Gasteiger partial charge is 0.408 e. The number of aromatic nitrogens is 2. The molecule has 0 saturated carbocycles. The summed E-state index contributed by atoms with van der Waals surface area (Å²) < 4.78 is 8.67. The third kappa shape index (κ3) is 5.53. The Hall–Kier alpha value is -1.92. The Morgan fingerprint density at radius 2 is 1.85 bits per heavy atom. The van der Waals surface area contributed by atoms with E-state index in [0.29, 0.717) is 0 Å². The summed E-state index contributed by atoms with van der Waals surface area (Å²) in [5.41, 5.74) is 2.12. The molecule has 6 heteroatoms. The maximum absolute atomic E-state index is 6.57. The molecule has 0 aliphatic rings. The lowest BCUT2D eigenvalue weighted by Crippen LogP contribution is -2.41. The molecule has 5 nitrogen and oxygen atoms in total. The van der Waals surface area contributed by atoms with Crippen LogP contribution in [-0.4, -0.2) is 43.2 Å². The van der Waals surface area contributed by atoms with Gasteiger partial charge in [-0.25, -0.2) is 9.98 Å². The third-order valence-electron chi connectivity index (χ3n) is 5.11. The van der Waals surface area contributed by atoms with Crippen molar-refractivity contribution in [3.8, 4) is 0 Å². The second-order valence-corrected chi connectivity index (χ2v) is 13.6. The lowest BCUT2D eigenvalue weighted by Gasteiger charge is -2.38. The van der Waals surface area contributed by atoms with Gasteiger partial charge < -0.3 is 13.9 Å². The minimum absolute atomic E-state index is 0.0998. The second-order valence-electron chi connectivity index (χ2n) is 8.80. The minimum Gasteiger partial charge on any atom is -0.408 e. The second kappa shape index (κ2) is 8.40. The lowest BCUT2D eigenvalue weighted by molar-refractivity contribution is 0.199. The van der Waals surface area contributed by atoms with Crippen LogP contribution in [0, 0.1) is 0 Å². The van der Waals surface area contributed by atoms with Crippen LogP contribution < -0.4 is 0 Å². The van der Waals surface area contributed by atoms with E-state index in [1.54, 1.807) is 0 Å². The van der Waals surface area contributed by atoms with Crippen molar-refractivity contribution in [3.05, 3.63) is 47.9 Å². The maximum atomic E-state index is 6.57. The van der Waals surface area contributed by atoms with Crippen molar-refractivity contribution in [1.29, 1.82) is 0 Å². The van der Waals surface area contributed by atoms with Gasteiger partial charge in [0.15, 0.2) is 14.1 Å². The molecule has 0 aliphatic heterocycles. The number of rotatable bonds is 7. The third-order valence-corrected chi connectivity index (χ3v) is 9.66. The maximum Gasteiger partial charge on any atom is 0.192 e. The van der Waals surface area contributed by atoms with E-state index >= 15 is 0 Å². The van der Waals surface area contributed by atoms with Crippen molar-refractivity contribution < 1.29 is 4.43 Å². The Kier molecular flexibility index (Phi) is 6.65. The van der Waals surface area contributed by atoms with Crippen molar-refractivity contribution in [2.24, 2.45) is 4.99 Å². The molecule has 0 aliphatic carbocycles. The lowest BCUT2D eigenvalue weighted by atomic mass is 10.2. The van der Waals surface area contributed by atoms with E-state index in [2.05, 4.69) is 74.6 Å². The number of benzene rings is 1.